The lowest BCUT2D eigenvalue weighted by atomic mass is 9.70. The lowest BCUT2D eigenvalue weighted by Crippen LogP contribution is -2.50. The van der Waals surface area contributed by atoms with Crippen molar-refractivity contribution >= 4 is 0 Å². The fourth-order valence-corrected chi connectivity index (χ4v) is 4.00. The fraction of sp³-hybridized carbons (Fsp3) is 1.00. The number of nitrogens with two attached hydrogens (primary N) is 1. The molecule has 3 nitrogen and oxygen atoms in total. The number of nitrogens with one attached hydrogen (secondary N) is 1. The van der Waals surface area contributed by atoms with E-state index in [1.807, 2.05) is 0 Å². The molecule has 2 fully saturated rings. The molecule has 5 unspecified atom stereocenters. The molecule has 0 spiro atoms. The average Bonchev–Trinajstić information content (AvgIpc) is 2.78. The Morgan fingerprint density at radius 1 is 1.24 bits per heavy atom. The van der Waals surface area contributed by atoms with Gasteiger partial charge >= 0.3 is 0 Å². The van der Waals surface area contributed by atoms with Gasteiger partial charge in [0.1, 0.15) is 0 Å². The predicted octanol–water partition coefficient (Wildman–Crippen LogP) is 2.46. The van der Waals surface area contributed by atoms with Crippen LogP contribution in [0.5, 0.6) is 0 Å². The highest BCUT2D eigenvalue weighted by molar-refractivity contribution is 4.91. The van der Waals surface area contributed by atoms with Gasteiger partial charge in [0.05, 0.1) is 6.10 Å². The molecule has 2 rings (SSSR count). The zero-order chi connectivity index (χ0) is 12.3. The first-order valence-electron chi connectivity index (χ1n) is 7.35. The highest BCUT2D eigenvalue weighted by Gasteiger charge is 2.39. The molecule has 1 saturated heterocycles. The van der Waals surface area contributed by atoms with Crippen LogP contribution in [0, 0.1) is 17.8 Å². The summed E-state index contributed by atoms with van der Waals surface area (Å²) in [6.45, 7) is 5.43. The molecule has 1 aliphatic carbocycles. The van der Waals surface area contributed by atoms with Gasteiger partial charge in [-0.25, -0.2) is 0 Å². The maximum absolute atomic E-state index is 5.86. The number of hydrazine groups is 1. The minimum atomic E-state index is 0.371. The second kappa shape index (κ2) is 6.17. The highest BCUT2D eigenvalue weighted by atomic mass is 16.5. The van der Waals surface area contributed by atoms with Crippen molar-refractivity contribution in [1.82, 2.24) is 5.43 Å². The molecule has 100 valence electrons. The SMILES string of the molecule is CCC1CCCCC1C(NN)C1CCOC1C. The van der Waals surface area contributed by atoms with Crippen molar-refractivity contribution in [2.75, 3.05) is 6.61 Å². The monoisotopic (exact) mass is 240 g/mol. The summed E-state index contributed by atoms with van der Waals surface area (Å²) in [4.78, 5) is 0. The molecular formula is C14H28N2O. The second-order valence-electron chi connectivity index (χ2n) is 5.84. The maximum atomic E-state index is 5.86. The predicted molar refractivity (Wildman–Crippen MR) is 70.4 cm³/mol. The fourth-order valence-electron chi connectivity index (χ4n) is 4.00. The third-order valence-corrected chi connectivity index (χ3v) is 5.04. The van der Waals surface area contributed by atoms with Crippen LogP contribution >= 0.6 is 0 Å². The lowest BCUT2D eigenvalue weighted by Gasteiger charge is -2.40. The van der Waals surface area contributed by atoms with Crippen LogP contribution in [-0.2, 0) is 4.74 Å². The first-order chi connectivity index (χ1) is 8.27. The molecule has 1 saturated carbocycles. The molecule has 1 heterocycles. The molecule has 0 radical (unpaired) electrons. The Bertz CT molecular complexity index is 234. The van der Waals surface area contributed by atoms with E-state index >= 15 is 0 Å². The Kier molecular flexibility index (Phi) is 4.83. The van der Waals surface area contributed by atoms with E-state index in [9.17, 15) is 0 Å². The van der Waals surface area contributed by atoms with Gasteiger partial charge in [0.15, 0.2) is 0 Å². The van der Waals surface area contributed by atoms with Crippen molar-refractivity contribution in [1.29, 1.82) is 0 Å². The van der Waals surface area contributed by atoms with Gasteiger partial charge in [-0.1, -0.05) is 32.6 Å². The van der Waals surface area contributed by atoms with Crippen LogP contribution in [-0.4, -0.2) is 18.8 Å². The molecule has 0 amide bonds. The zero-order valence-corrected chi connectivity index (χ0v) is 11.3. The molecule has 0 aromatic carbocycles. The summed E-state index contributed by atoms with van der Waals surface area (Å²) in [6, 6.07) is 0.456. The Labute approximate surface area is 105 Å². The van der Waals surface area contributed by atoms with E-state index in [4.69, 9.17) is 10.6 Å². The van der Waals surface area contributed by atoms with E-state index in [2.05, 4.69) is 19.3 Å². The Morgan fingerprint density at radius 3 is 2.59 bits per heavy atom. The van der Waals surface area contributed by atoms with E-state index in [1.165, 1.54) is 38.5 Å². The maximum Gasteiger partial charge on any atom is 0.0591 e. The third kappa shape index (κ3) is 2.83. The van der Waals surface area contributed by atoms with Gasteiger partial charge in [0.25, 0.3) is 0 Å². The van der Waals surface area contributed by atoms with Crippen molar-refractivity contribution in [2.24, 2.45) is 23.6 Å². The molecule has 0 aromatic heterocycles. The largest absolute Gasteiger partial charge is 0.378 e. The lowest BCUT2D eigenvalue weighted by molar-refractivity contribution is 0.0679. The molecule has 0 bridgehead atoms. The van der Waals surface area contributed by atoms with Crippen LogP contribution in [0.4, 0.5) is 0 Å². The standard InChI is InChI=1S/C14H28N2O/c1-3-11-6-4-5-7-13(11)14(16-15)12-8-9-17-10(12)2/h10-14,16H,3-9,15H2,1-2H3. The average molecular weight is 240 g/mol. The van der Waals surface area contributed by atoms with Gasteiger partial charge in [-0.3, -0.25) is 11.3 Å². The summed E-state index contributed by atoms with van der Waals surface area (Å²) in [5, 5.41) is 0. The topological polar surface area (TPSA) is 47.3 Å². The van der Waals surface area contributed by atoms with Gasteiger partial charge in [-0.05, 0) is 31.6 Å². The van der Waals surface area contributed by atoms with Crippen molar-refractivity contribution in [3.8, 4) is 0 Å². The summed E-state index contributed by atoms with van der Waals surface area (Å²) in [5.74, 6) is 8.08. The molecular weight excluding hydrogens is 212 g/mol. The Hall–Kier alpha value is -0.120. The van der Waals surface area contributed by atoms with Crippen LogP contribution < -0.4 is 11.3 Å². The van der Waals surface area contributed by atoms with Gasteiger partial charge in [0.2, 0.25) is 0 Å². The van der Waals surface area contributed by atoms with Crippen LogP contribution in [0.1, 0.15) is 52.4 Å². The molecule has 2 aliphatic rings. The summed E-state index contributed by atoms with van der Waals surface area (Å²) in [7, 11) is 0. The number of ether oxygens (including phenoxy) is 1. The van der Waals surface area contributed by atoms with Crippen molar-refractivity contribution in [2.45, 2.75) is 64.5 Å². The van der Waals surface area contributed by atoms with Gasteiger partial charge in [-0.2, -0.15) is 0 Å². The summed E-state index contributed by atoms with van der Waals surface area (Å²) < 4.78 is 5.71. The number of hydrogen-bond acceptors (Lipinski definition) is 3. The Morgan fingerprint density at radius 2 is 2.00 bits per heavy atom. The molecule has 3 N–H and O–H groups in total. The van der Waals surface area contributed by atoms with Crippen LogP contribution in [0.2, 0.25) is 0 Å². The van der Waals surface area contributed by atoms with Crippen LogP contribution in [0.25, 0.3) is 0 Å². The zero-order valence-electron chi connectivity index (χ0n) is 11.3. The molecule has 5 atom stereocenters. The van der Waals surface area contributed by atoms with Gasteiger partial charge < -0.3 is 4.74 Å². The molecule has 3 heteroatoms. The summed E-state index contributed by atoms with van der Waals surface area (Å²) in [5.41, 5.74) is 3.13. The highest BCUT2D eigenvalue weighted by Crippen LogP contribution is 2.39. The number of hydrogen-bond donors (Lipinski definition) is 2. The van der Waals surface area contributed by atoms with E-state index in [1.54, 1.807) is 0 Å². The summed E-state index contributed by atoms with van der Waals surface area (Å²) in [6.07, 6.45) is 8.35. The third-order valence-electron chi connectivity index (χ3n) is 5.04. The van der Waals surface area contributed by atoms with E-state index in [0.29, 0.717) is 18.1 Å². The van der Waals surface area contributed by atoms with Crippen LogP contribution in [0.15, 0.2) is 0 Å². The van der Waals surface area contributed by atoms with E-state index in [0.717, 1.165) is 18.4 Å². The van der Waals surface area contributed by atoms with Crippen LogP contribution in [0.3, 0.4) is 0 Å². The Balaban J connectivity index is 2.04. The first kappa shape index (κ1) is 13.3. The van der Waals surface area contributed by atoms with E-state index in [-0.39, 0.29) is 0 Å². The smallest absolute Gasteiger partial charge is 0.0591 e. The molecule has 0 aromatic rings. The molecule has 17 heavy (non-hydrogen) atoms. The van der Waals surface area contributed by atoms with Crippen molar-refractivity contribution in [3.63, 3.8) is 0 Å². The summed E-state index contributed by atoms with van der Waals surface area (Å²) >= 11 is 0. The van der Waals surface area contributed by atoms with Crippen molar-refractivity contribution < 1.29 is 4.74 Å². The normalized spacial score (nSPS) is 40.4. The quantitative estimate of drug-likeness (QED) is 0.586. The van der Waals surface area contributed by atoms with Crippen molar-refractivity contribution in [3.05, 3.63) is 0 Å². The number of rotatable bonds is 4. The molecule has 1 aliphatic heterocycles. The van der Waals surface area contributed by atoms with Gasteiger partial charge in [-0.15, -0.1) is 0 Å². The minimum Gasteiger partial charge on any atom is -0.378 e. The van der Waals surface area contributed by atoms with E-state index < -0.39 is 0 Å². The second-order valence-corrected chi connectivity index (χ2v) is 5.84. The van der Waals surface area contributed by atoms with Gasteiger partial charge in [0, 0.05) is 18.6 Å². The first-order valence-corrected chi connectivity index (χ1v) is 7.35. The minimum absolute atomic E-state index is 0.371.